The van der Waals surface area contributed by atoms with E-state index < -0.39 is 0 Å². The molecule has 86 valence electrons. The Labute approximate surface area is 91.6 Å². The number of rotatable bonds is 7. The van der Waals surface area contributed by atoms with Gasteiger partial charge in [-0.3, -0.25) is 4.68 Å². The van der Waals surface area contributed by atoms with E-state index in [1.165, 1.54) is 5.69 Å². The molecule has 0 aliphatic heterocycles. The Bertz CT molecular complexity index is 271. The van der Waals surface area contributed by atoms with E-state index in [0.717, 1.165) is 26.3 Å². The van der Waals surface area contributed by atoms with Crippen LogP contribution in [0, 0.1) is 0 Å². The lowest BCUT2D eigenvalue weighted by Crippen LogP contribution is -2.24. The third-order valence-corrected chi connectivity index (χ3v) is 2.15. The molecule has 0 bridgehead atoms. The highest BCUT2D eigenvalue weighted by Gasteiger charge is 2.02. The molecule has 1 heterocycles. The zero-order chi connectivity index (χ0) is 11.1. The normalized spacial score (nSPS) is 11.2. The molecule has 1 rings (SSSR count). The number of aromatic nitrogens is 2. The molecule has 0 amide bonds. The molecule has 0 atom stereocenters. The minimum atomic E-state index is 0.500. The predicted octanol–water partition coefficient (Wildman–Crippen LogP) is 1.42. The fourth-order valence-corrected chi connectivity index (χ4v) is 1.32. The molecule has 0 saturated heterocycles. The molecule has 0 unspecified atom stereocenters. The van der Waals surface area contributed by atoms with Crippen LogP contribution >= 0.6 is 0 Å². The first-order valence-corrected chi connectivity index (χ1v) is 5.55. The first-order valence-electron chi connectivity index (χ1n) is 5.55. The molecule has 0 radical (unpaired) electrons. The number of ether oxygens (including phenoxy) is 1. The van der Waals surface area contributed by atoms with E-state index in [2.05, 4.69) is 24.3 Å². The van der Waals surface area contributed by atoms with Gasteiger partial charge in [-0.05, 0) is 13.0 Å². The van der Waals surface area contributed by atoms with Crippen LogP contribution in [0.5, 0.6) is 0 Å². The monoisotopic (exact) mass is 211 g/mol. The van der Waals surface area contributed by atoms with Gasteiger partial charge in [-0.1, -0.05) is 13.8 Å². The Morgan fingerprint density at radius 2 is 2.33 bits per heavy atom. The second-order valence-electron chi connectivity index (χ2n) is 3.78. The summed E-state index contributed by atoms with van der Waals surface area (Å²) in [7, 11) is 0. The zero-order valence-electron chi connectivity index (χ0n) is 9.86. The van der Waals surface area contributed by atoms with Crippen molar-refractivity contribution in [1.82, 2.24) is 15.1 Å². The van der Waals surface area contributed by atoms with Crippen LogP contribution in [0.2, 0.25) is 0 Å². The molecule has 0 spiro atoms. The summed E-state index contributed by atoms with van der Waals surface area (Å²) in [6.07, 6.45) is 1.84. The van der Waals surface area contributed by atoms with E-state index in [1.807, 2.05) is 23.9 Å². The fraction of sp³-hybridized carbons (Fsp3) is 0.727. The van der Waals surface area contributed by atoms with E-state index in [1.54, 1.807) is 0 Å². The average molecular weight is 211 g/mol. The van der Waals surface area contributed by atoms with E-state index in [-0.39, 0.29) is 0 Å². The van der Waals surface area contributed by atoms with E-state index in [0.29, 0.717) is 6.04 Å². The number of hydrogen-bond acceptors (Lipinski definition) is 3. The fourth-order valence-electron chi connectivity index (χ4n) is 1.32. The van der Waals surface area contributed by atoms with Crippen molar-refractivity contribution in [2.75, 3.05) is 13.2 Å². The van der Waals surface area contributed by atoms with E-state index in [9.17, 15) is 0 Å². The van der Waals surface area contributed by atoms with Gasteiger partial charge in [-0.25, -0.2) is 0 Å². The first kappa shape index (κ1) is 12.2. The minimum absolute atomic E-state index is 0.500. The standard InChI is InChI=1S/C11H21N3O/c1-4-15-8-7-14-11(5-6-13-14)9-12-10(2)3/h5-6,10,12H,4,7-9H2,1-3H3. The molecule has 4 heteroatoms. The van der Waals surface area contributed by atoms with Gasteiger partial charge in [0.2, 0.25) is 0 Å². The maximum atomic E-state index is 5.31. The van der Waals surface area contributed by atoms with Crippen molar-refractivity contribution < 1.29 is 4.74 Å². The molecule has 0 aromatic carbocycles. The Hall–Kier alpha value is -0.870. The van der Waals surface area contributed by atoms with Crippen LogP contribution in [0.25, 0.3) is 0 Å². The lowest BCUT2D eigenvalue weighted by molar-refractivity contribution is 0.135. The van der Waals surface area contributed by atoms with E-state index >= 15 is 0 Å². The van der Waals surface area contributed by atoms with Gasteiger partial charge < -0.3 is 10.1 Å². The quantitative estimate of drug-likeness (QED) is 0.693. The third kappa shape index (κ3) is 4.44. The molecule has 1 aromatic rings. The molecule has 1 N–H and O–H groups in total. The number of nitrogens with zero attached hydrogens (tertiary/aromatic N) is 2. The highest BCUT2D eigenvalue weighted by molar-refractivity contribution is 5.00. The molecule has 4 nitrogen and oxygen atoms in total. The van der Waals surface area contributed by atoms with Gasteiger partial charge >= 0.3 is 0 Å². The second-order valence-corrected chi connectivity index (χ2v) is 3.78. The zero-order valence-corrected chi connectivity index (χ0v) is 9.86. The van der Waals surface area contributed by atoms with Crippen molar-refractivity contribution in [3.63, 3.8) is 0 Å². The Kier molecular flexibility index (Phi) is 5.36. The van der Waals surface area contributed by atoms with Crippen LogP contribution in [0.4, 0.5) is 0 Å². The van der Waals surface area contributed by atoms with Gasteiger partial charge in [0.05, 0.1) is 18.8 Å². The third-order valence-electron chi connectivity index (χ3n) is 2.15. The maximum absolute atomic E-state index is 5.31. The highest BCUT2D eigenvalue weighted by atomic mass is 16.5. The Balaban J connectivity index is 2.39. The molecule has 1 aromatic heterocycles. The molecule has 0 fully saturated rings. The number of nitrogens with one attached hydrogen (secondary N) is 1. The maximum Gasteiger partial charge on any atom is 0.0662 e. The van der Waals surface area contributed by atoms with Crippen LogP contribution in [0.1, 0.15) is 26.5 Å². The topological polar surface area (TPSA) is 39.1 Å². The molecule has 0 saturated carbocycles. The van der Waals surface area contributed by atoms with Crippen molar-refractivity contribution >= 4 is 0 Å². The largest absolute Gasteiger partial charge is 0.380 e. The van der Waals surface area contributed by atoms with E-state index in [4.69, 9.17) is 4.74 Å². The summed E-state index contributed by atoms with van der Waals surface area (Å²) in [6.45, 7) is 9.47. The SMILES string of the molecule is CCOCCn1nccc1CNC(C)C. The van der Waals surface area contributed by atoms with Crippen molar-refractivity contribution in [3.05, 3.63) is 18.0 Å². The van der Waals surface area contributed by atoms with Crippen molar-refractivity contribution in [3.8, 4) is 0 Å². The van der Waals surface area contributed by atoms with Crippen LogP contribution in [0.3, 0.4) is 0 Å². The molecular formula is C11H21N3O. The number of hydrogen-bond donors (Lipinski definition) is 1. The first-order chi connectivity index (χ1) is 7.24. The van der Waals surface area contributed by atoms with Crippen molar-refractivity contribution in [2.24, 2.45) is 0 Å². The van der Waals surface area contributed by atoms with Gasteiger partial charge in [0, 0.05) is 25.4 Å². The Morgan fingerprint density at radius 3 is 3.00 bits per heavy atom. The average Bonchev–Trinajstić information content (AvgIpc) is 2.63. The molecule has 0 aliphatic rings. The van der Waals surface area contributed by atoms with Crippen LogP contribution < -0.4 is 5.32 Å². The summed E-state index contributed by atoms with van der Waals surface area (Å²) in [6, 6.07) is 2.54. The lowest BCUT2D eigenvalue weighted by Gasteiger charge is -2.10. The second kappa shape index (κ2) is 6.58. The van der Waals surface area contributed by atoms with Crippen molar-refractivity contribution in [1.29, 1.82) is 0 Å². The smallest absolute Gasteiger partial charge is 0.0662 e. The molecule has 15 heavy (non-hydrogen) atoms. The summed E-state index contributed by atoms with van der Waals surface area (Å²) in [5.41, 5.74) is 1.21. The van der Waals surface area contributed by atoms with Gasteiger partial charge in [0.1, 0.15) is 0 Å². The lowest BCUT2D eigenvalue weighted by atomic mass is 10.3. The van der Waals surface area contributed by atoms with Crippen molar-refractivity contribution in [2.45, 2.75) is 39.9 Å². The van der Waals surface area contributed by atoms with Gasteiger partial charge in [-0.15, -0.1) is 0 Å². The van der Waals surface area contributed by atoms with Crippen LogP contribution in [-0.4, -0.2) is 29.0 Å². The summed E-state index contributed by atoms with van der Waals surface area (Å²) < 4.78 is 7.30. The van der Waals surface area contributed by atoms with Gasteiger partial charge in [-0.2, -0.15) is 5.10 Å². The minimum Gasteiger partial charge on any atom is -0.380 e. The predicted molar refractivity (Wildman–Crippen MR) is 60.7 cm³/mol. The van der Waals surface area contributed by atoms with Crippen LogP contribution in [0.15, 0.2) is 12.3 Å². The highest BCUT2D eigenvalue weighted by Crippen LogP contribution is 1.99. The van der Waals surface area contributed by atoms with Gasteiger partial charge in [0.25, 0.3) is 0 Å². The molecule has 0 aliphatic carbocycles. The Morgan fingerprint density at radius 1 is 1.53 bits per heavy atom. The summed E-state index contributed by atoms with van der Waals surface area (Å²) in [5.74, 6) is 0. The summed E-state index contributed by atoms with van der Waals surface area (Å²) in [4.78, 5) is 0. The summed E-state index contributed by atoms with van der Waals surface area (Å²) >= 11 is 0. The van der Waals surface area contributed by atoms with Gasteiger partial charge in [0.15, 0.2) is 0 Å². The van der Waals surface area contributed by atoms with Crippen LogP contribution in [-0.2, 0) is 17.8 Å². The molecular weight excluding hydrogens is 190 g/mol. The summed E-state index contributed by atoms with van der Waals surface area (Å²) in [5, 5.41) is 7.64.